The molecule has 0 aromatic heterocycles. The second-order valence-corrected chi connectivity index (χ2v) is 5.81. The molecular weight excluding hydrogens is 273 g/mol. The summed E-state index contributed by atoms with van der Waals surface area (Å²) in [4.78, 5) is 2.26. The lowest BCUT2D eigenvalue weighted by Gasteiger charge is -2.27. The highest BCUT2D eigenvalue weighted by Crippen LogP contribution is 2.26. The molecule has 4 heteroatoms. The fourth-order valence-corrected chi connectivity index (χ4v) is 2.72. The summed E-state index contributed by atoms with van der Waals surface area (Å²) in [6, 6.07) is 6.59. The summed E-state index contributed by atoms with van der Waals surface area (Å²) in [6.07, 6.45) is 3.31. The Morgan fingerprint density at radius 2 is 2.12 bits per heavy atom. The number of anilines is 1. The van der Waals surface area contributed by atoms with Crippen molar-refractivity contribution in [1.82, 2.24) is 0 Å². The molecule has 0 fully saturated rings. The van der Waals surface area contributed by atoms with Gasteiger partial charge >= 0.3 is 0 Å². The minimum atomic E-state index is 0.463. The third kappa shape index (κ3) is 4.27. The van der Waals surface area contributed by atoms with E-state index in [9.17, 15) is 0 Å². The molecule has 0 N–H and O–H groups in total. The molecule has 17 heavy (non-hydrogen) atoms. The Kier molecular flexibility index (Phi) is 6.53. The fourth-order valence-electron chi connectivity index (χ4n) is 1.60. The van der Waals surface area contributed by atoms with Gasteiger partial charge in [-0.2, -0.15) is 11.8 Å². The maximum absolute atomic E-state index is 6.17. The van der Waals surface area contributed by atoms with Crippen molar-refractivity contribution in [3.05, 3.63) is 28.8 Å². The van der Waals surface area contributed by atoms with E-state index in [1.165, 1.54) is 12.2 Å². The van der Waals surface area contributed by atoms with Crippen LogP contribution in [-0.4, -0.2) is 25.1 Å². The number of alkyl halides is 1. The quantitative estimate of drug-likeness (QED) is 0.702. The van der Waals surface area contributed by atoms with E-state index in [4.69, 9.17) is 23.2 Å². The van der Waals surface area contributed by atoms with Crippen LogP contribution in [0.2, 0.25) is 5.02 Å². The molecule has 0 aliphatic carbocycles. The van der Waals surface area contributed by atoms with E-state index in [0.29, 0.717) is 11.9 Å². The summed E-state index contributed by atoms with van der Waals surface area (Å²) in [5.41, 5.74) is 2.14. The molecule has 0 heterocycles. The highest BCUT2D eigenvalue weighted by Gasteiger charge is 2.11. The van der Waals surface area contributed by atoms with Crippen molar-refractivity contribution in [3.63, 3.8) is 0 Å². The topological polar surface area (TPSA) is 3.24 Å². The first-order valence-electron chi connectivity index (χ1n) is 5.66. The molecule has 96 valence electrons. The van der Waals surface area contributed by atoms with Gasteiger partial charge in [0.2, 0.25) is 0 Å². The van der Waals surface area contributed by atoms with Crippen LogP contribution in [0, 0.1) is 0 Å². The summed E-state index contributed by atoms with van der Waals surface area (Å²) in [5, 5.41) is 0.751. The van der Waals surface area contributed by atoms with Crippen LogP contribution in [0.25, 0.3) is 0 Å². The van der Waals surface area contributed by atoms with Crippen LogP contribution in [0.3, 0.4) is 0 Å². The Morgan fingerprint density at radius 3 is 2.65 bits per heavy atom. The van der Waals surface area contributed by atoms with E-state index >= 15 is 0 Å². The van der Waals surface area contributed by atoms with Crippen molar-refractivity contribution < 1.29 is 0 Å². The number of thioether (sulfide) groups is 1. The van der Waals surface area contributed by atoms with Crippen molar-refractivity contribution in [1.29, 1.82) is 0 Å². The fraction of sp³-hybridized carbons (Fsp3) is 0.538. The number of hydrogen-bond donors (Lipinski definition) is 0. The summed E-state index contributed by atoms with van der Waals surface area (Å²) in [5.74, 6) is 1.64. The number of halogens is 2. The third-order valence-electron chi connectivity index (χ3n) is 2.99. The van der Waals surface area contributed by atoms with Crippen molar-refractivity contribution in [2.75, 3.05) is 24.0 Å². The molecule has 0 amide bonds. The number of benzene rings is 1. The Balaban J connectivity index is 2.74. The molecule has 0 saturated heterocycles. The van der Waals surface area contributed by atoms with E-state index in [-0.39, 0.29) is 0 Å². The van der Waals surface area contributed by atoms with Gasteiger partial charge in [0.25, 0.3) is 0 Å². The monoisotopic (exact) mass is 291 g/mol. The first-order valence-corrected chi connectivity index (χ1v) is 7.97. The van der Waals surface area contributed by atoms with Crippen molar-refractivity contribution in [2.24, 2.45) is 0 Å². The smallest absolute Gasteiger partial charge is 0.0488 e. The highest BCUT2D eigenvalue weighted by molar-refractivity contribution is 7.98. The van der Waals surface area contributed by atoms with Gasteiger partial charge in [0.05, 0.1) is 0 Å². The van der Waals surface area contributed by atoms with E-state index in [2.05, 4.69) is 31.2 Å². The first-order chi connectivity index (χ1) is 8.10. The maximum atomic E-state index is 6.17. The standard InChI is InChI=1S/C13H19Cl2NS/c1-10(6-7-17-3)16(2)12-5-4-11(9-14)13(15)8-12/h4-5,8,10H,6-7,9H2,1-3H3. The zero-order valence-corrected chi connectivity index (χ0v) is 12.9. The summed E-state index contributed by atoms with van der Waals surface area (Å²) in [7, 11) is 2.11. The molecule has 0 aliphatic heterocycles. The van der Waals surface area contributed by atoms with E-state index in [1.807, 2.05) is 23.9 Å². The minimum absolute atomic E-state index is 0.463. The molecule has 0 radical (unpaired) electrons. The molecule has 1 rings (SSSR count). The minimum Gasteiger partial charge on any atom is -0.372 e. The average Bonchev–Trinajstić information content (AvgIpc) is 2.34. The number of hydrogen-bond acceptors (Lipinski definition) is 2. The molecule has 0 aliphatic rings. The normalized spacial score (nSPS) is 12.5. The molecule has 1 aromatic carbocycles. The summed E-state index contributed by atoms with van der Waals surface area (Å²) in [6.45, 7) is 2.24. The lowest BCUT2D eigenvalue weighted by Crippen LogP contribution is -2.29. The van der Waals surface area contributed by atoms with Gasteiger partial charge < -0.3 is 4.90 Å². The maximum Gasteiger partial charge on any atom is 0.0488 e. The zero-order chi connectivity index (χ0) is 12.8. The summed E-state index contributed by atoms with van der Waals surface area (Å²) < 4.78 is 0. The van der Waals surface area contributed by atoms with E-state index in [1.54, 1.807) is 0 Å². The molecular formula is C13H19Cl2NS. The van der Waals surface area contributed by atoms with Gasteiger partial charge in [0.15, 0.2) is 0 Å². The molecule has 1 atom stereocenters. The van der Waals surface area contributed by atoms with Crippen molar-refractivity contribution in [3.8, 4) is 0 Å². The van der Waals surface area contributed by atoms with Gasteiger partial charge in [-0.05, 0) is 43.0 Å². The Morgan fingerprint density at radius 1 is 1.41 bits per heavy atom. The lowest BCUT2D eigenvalue weighted by molar-refractivity contribution is 0.669. The van der Waals surface area contributed by atoms with Gasteiger partial charge in [0, 0.05) is 29.7 Å². The van der Waals surface area contributed by atoms with Crippen LogP contribution < -0.4 is 4.90 Å². The van der Waals surface area contributed by atoms with Crippen LogP contribution >= 0.6 is 35.0 Å². The molecule has 0 bridgehead atoms. The Bertz CT molecular complexity index is 357. The highest BCUT2D eigenvalue weighted by atomic mass is 35.5. The molecule has 0 spiro atoms. The predicted molar refractivity (Wildman–Crippen MR) is 81.9 cm³/mol. The van der Waals surface area contributed by atoms with Crippen LogP contribution in [-0.2, 0) is 5.88 Å². The van der Waals surface area contributed by atoms with Crippen LogP contribution in [0.5, 0.6) is 0 Å². The lowest BCUT2D eigenvalue weighted by atomic mass is 10.1. The largest absolute Gasteiger partial charge is 0.372 e. The van der Waals surface area contributed by atoms with Gasteiger partial charge in [0.1, 0.15) is 0 Å². The van der Waals surface area contributed by atoms with Crippen molar-refractivity contribution in [2.45, 2.75) is 25.3 Å². The molecule has 1 aromatic rings. The Hall–Kier alpha value is -0.0500. The van der Waals surface area contributed by atoms with E-state index < -0.39 is 0 Å². The van der Waals surface area contributed by atoms with Gasteiger partial charge in [-0.15, -0.1) is 11.6 Å². The SMILES string of the molecule is CSCCC(C)N(C)c1ccc(CCl)c(Cl)c1. The van der Waals surface area contributed by atoms with Crippen LogP contribution in [0.15, 0.2) is 18.2 Å². The molecule has 0 saturated carbocycles. The first kappa shape index (κ1) is 15.0. The Labute approximate surface area is 118 Å². The van der Waals surface area contributed by atoms with Gasteiger partial charge in [-0.3, -0.25) is 0 Å². The second-order valence-electron chi connectivity index (χ2n) is 4.15. The molecule has 1 nitrogen and oxygen atoms in total. The molecule has 1 unspecified atom stereocenters. The van der Waals surface area contributed by atoms with Gasteiger partial charge in [-0.25, -0.2) is 0 Å². The van der Waals surface area contributed by atoms with Crippen LogP contribution in [0.4, 0.5) is 5.69 Å². The zero-order valence-electron chi connectivity index (χ0n) is 10.5. The summed E-state index contributed by atoms with van der Waals surface area (Å²) >= 11 is 13.8. The van der Waals surface area contributed by atoms with Crippen LogP contribution in [0.1, 0.15) is 18.9 Å². The van der Waals surface area contributed by atoms with Crippen molar-refractivity contribution >= 4 is 40.7 Å². The van der Waals surface area contributed by atoms with E-state index in [0.717, 1.165) is 16.3 Å². The third-order valence-corrected chi connectivity index (χ3v) is 4.27. The van der Waals surface area contributed by atoms with Gasteiger partial charge in [-0.1, -0.05) is 17.7 Å². The predicted octanol–water partition coefficient (Wildman–Crippen LogP) is 4.66. The number of rotatable bonds is 6. The second kappa shape index (κ2) is 7.40. The number of nitrogens with zero attached hydrogens (tertiary/aromatic N) is 1. The average molecular weight is 292 g/mol.